The highest BCUT2D eigenvalue weighted by atomic mass is 35.5. The molecule has 0 aliphatic heterocycles. The molecule has 172 valence electrons. The van der Waals surface area contributed by atoms with Crippen LogP contribution in [0.15, 0.2) is 88.5 Å². The molecule has 1 atom stereocenters. The van der Waals surface area contributed by atoms with Crippen molar-refractivity contribution < 1.29 is 9.18 Å². The molecule has 0 saturated heterocycles. The predicted molar refractivity (Wildman–Crippen MR) is 127 cm³/mol. The molecule has 0 aliphatic carbocycles. The van der Waals surface area contributed by atoms with E-state index in [1.165, 1.54) is 24.3 Å². The summed E-state index contributed by atoms with van der Waals surface area (Å²) in [5.74, 6) is -1.17. The molecule has 1 amide bonds. The molecule has 0 spiro atoms. The molecule has 0 fully saturated rings. The van der Waals surface area contributed by atoms with Crippen molar-refractivity contribution in [3.05, 3.63) is 127 Å². The Hall–Kier alpha value is -4.04. The standard InChI is InChI=1S/C25H20ClFN4O3/c1-16(18-5-3-2-4-6-18)28-23(32)22-24(33)30(15-17-7-11-20(27)12-8-17)25(34)31(29-22)21-13-9-19(26)10-14-21/h2-14,16H,15H2,1H3,(H,28,32)/t16-/m1/s1. The number of carbonyl (C=O) groups is 1. The third kappa shape index (κ3) is 4.97. The first-order valence-corrected chi connectivity index (χ1v) is 10.8. The Balaban J connectivity index is 1.80. The van der Waals surface area contributed by atoms with Crippen LogP contribution in [0.4, 0.5) is 4.39 Å². The van der Waals surface area contributed by atoms with Gasteiger partial charge in [0.05, 0.1) is 18.3 Å². The van der Waals surface area contributed by atoms with Crippen LogP contribution in [0.5, 0.6) is 0 Å². The van der Waals surface area contributed by atoms with Crippen molar-refractivity contribution in [2.45, 2.75) is 19.5 Å². The average Bonchev–Trinajstić information content (AvgIpc) is 2.84. The monoisotopic (exact) mass is 478 g/mol. The van der Waals surface area contributed by atoms with Gasteiger partial charge in [-0.15, -0.1) is 0 Å². The van der Waals surface area contributed by atoms with Crippen LogP contribution in [-0.2, 0) is 6.54 Å². The summed E-state index contributed by atoms with van der Waals surface area (Å²) in [6.07, 6.45) is 0. The lowest BCUT2D eigenvalue weighted by Gasteiger charge is -2.16. The highest BCUT2D eigenvalue weighted by molar-refractivity contribution is 6.30. The third-order valence-electron chi connectivity index (χ3n) is 5.25. The second-order valence-electron chi connectivity index (χ2n) is 7.64. The molecule has 34 heavy (non-hydrogen) atoms. The molecule has 9 heteroatoms. The SMILES string of the molecule is C[C@@H](NC(=O)c1nn(-c2ccc(Cl)cc2)c(=O)n(Cc2ccc(F)cc2)c1=O)c1ccccc1. The minimum absolute atomic E-state index is 0.164. The van der Waals surface area contributed by atoms with Gasteiger partial charge in [0.25, 0.3) is 11.5 Å². The van der Waals surface area contributed by atoms with Gasteiger partial charge in [0.1, 0.15) is 5.82 Å². The van der Waals surface area contributed by atoms with E-state index in [0.717, 1.165) is 14.8 Å². The van der Waals surface area contributed by atoms with Crippen molar-refractivity contribution in [1.82, 2.24) is 19.7 Å². The van der Waals surface area contributed by atoms with Crippen molar-refractivity contribution >= 4 is 17.5 Å². The van der Waals surface area contributed by atoms with Crippen molar-refractivity contribution in [3.63, 3.8) is 0 Å². The minimum atomic E-state index is -0.850. The summed E-state index contributed by atoms with van der Waals surface area (Å²) in [6.45, 7) is 1.61. The first-order valence-electron chi connectivity index (χ1n) is 10.4. The van der Waals surface area contributed by atoms with Gasteiger partial charge >= 0.3 is 5.69 Å². The number of hydrogen-bond donors (Lipinski definition) is 1. The Labute approximate surface area is 199 Å². The third-order valence-corrected chi connectivity index (χ3v) is 5.50. The van der Waals surface area contributed by atoms with E-state index in [2.05, 4.69) is 10.4 Å². The normalized spacial score (nSPS) is 11.7. The summed E-state index contributed by atoms with van der Waals surface area (Å²) >= 11 is 5.95. The molecule has 0 radical (unpaired) electrons. The van der Waals surface area contributed by atoms with Gasteiger partial charge in [0.15, 0.2) is 0 Å². The largest absolute Gasteiger partial charge is 0.352 e. The quantitative estimate of drug-likeness (QED) is 0.457. The van der Waals surface area contributed by atoms with Crippen LogP contribution in [0.25, 0.3) is 5.69 Å². The second-order valence-corrected chi connectivity index (χ2v) is 8.08. The fourth-order valence-corrected chi connectivity index (χ4v) is 3.54. The van der Waals surface area contributed by atoms with Gasteiger partial charge in [-0.1, -0.05) is 54.1 Å². The van der Waals surface area contributed by atoms with E-state index in [4.69, 9.17) is 11.6 Å². The highest BCUT2D eigenvalue weighted by Gasteiger charge is 2.22. The second kappa shape index (κ2) is 9.84. The lowest BCUT2D eigenvalue weighted by atomic mass is 10.1. The Bertz CT molecular complexity index is 1430. The molecular weight excluding hydrogens is 459 g/mol. The van der Waals surface area contributed by atoms with E-state index >= 15 is 0 Å². The van der Waals surface area contributed by atoms with Gasteiger partial charge in [-0.05, 0) is 54.4 Å². The number of nitrogens with one attached hydrogen (secondary N) is 1. The van der Waals surface area contributed by atoms with Crippen LogP contribution in [0, 0.1) is 5.82 Å². The van der Waals surface area contributed by atoms with Crippen LogP contribution >= 0.6 is 11.6 Å². The summed E-state index contributed by atoms with van der Waals surface area (Å²) in [5.41, 5.74) is -0.361. The zero-order valence-corrected chi connectivity index (χ0v) is 18.9. The smallest absolute Gasteiger partial charge is 0.344 e. The highest BCUT2D eigenvalue weighted by Crippen LogP contribution is 2.13. The summed E-state index contributed by atoms with van der Waals surface area (Å²) in [6, 6.07) is 20.5. The number of carbonyl (C=O) groups excluding carboxylic acids is 1. The first kappa shape index (κ1) is 23.1. The number of hydrogen-bond acceptors (Lipinski definition) is 4. The summed E-state index contributed by atoms with van der Waals surface area (Å²) in [7, 11) is 0. The Morgan fingerprint density at radius 3 is 2.29 bits per heavy atom. The maximum absolute atomic E-state index is 13.3. The van der Waals surface area contributed by atoms with Gasteiger partial charge in [0, 0.05) is 5.02 Å². The number of nitrogens with zero attached hydrogens (tertiary/aromatic N) is 3. The zero-order chi connectivity index (χ0) is 24.2. The number of rotatable bonds is 6. The fourth-order valence-electron chi connectivity index (χ4n) is 3.41. The Morgan fingerprint density at radius 1 is 1.00 bits per heavy atom. The van der Waals surface area contributed by atoms with Crippen LogP contribution in [0.1, 0.15) is 34.6 Å². The lowest BCUT2D eigenvalue weighted by molar-refractivity contribution is 0.0930. The van der Waals surface area contributed by atoms with Crippen molar-refractivity contribution in [2.24, 2.45) is 0 Å². The Morgan fingerprint density at radius 2 is 1.65 bits per heavy atom. The summed E-state index contributed by atoms with van der Waals surface area (Å²) < 4.78 is 15.2. The molecule has 4 rings (SSSR count). The van der Waals surface area contributed by atoms with E-state index < -0.39 is 34.7 Å². The summed E-state index contributed by atoms with van der Waals surface area (Å²) in [5, 5.41) is 7.30. The van der Waals surface area contributed by atoms with E-state index in [9.17, 15) is 18.8 Å². The van der Waals surface area contributed by atoms with Gasteiger partial charge in [0.2, 0.25) is 5.69 Å². The van der Waals surface area contributed by atoms with Crippen molar-refractivity contribution in [3.8, 4) is 5.69 Å². The molecule has 1 aromatic heterocycles. The lowest BCUT2D eigenvalue weighted by Crippen LogP contribution is -2.46. The molecule has 0 aliphatic rings. The molecule has 0 unspecified atom stereocenters. The maximum Gasteiger partial charge on any atom is 0.352 e. The van der Waals surface area contributed by atoms with Crippen molar-refractivity contribution in [1.29, 1.82) is 0 Å². The zero-order valence-electron chi connectivity index (χ0n) is 18.1. The van der Waals surface area contributed by atoms with E-state index in [0.29, 0.717) is 16.3 Å². The molecule has 0 bridgehead atoms. The number of aromatic nitrogens is 3. The van der Waals surface area contributed by atoms with E-state index in [-0.39, 0.29) is 6.54 Å². The Kier molecular flexibility index (Phi) is 6.70. The molecule has 0 saturated carbocycles. The molecule has 4 aromatic rings. The van der Waals surface area contributed by atoms with E-state index in [1.807, 2.05) is 30.3 Å². The number of halogens is 2. The van der Waals surface area contributed by atoms with Crippen LogP contribution < -0.4 is 16.6 Å². The van der Waals surface area contributed by atoms with Crippen LogP contribution in [0.2, 0.25) is 5.02 Å². The summed E-state index contributed by atoms with van der Waals surface area (Å²) in [4.78, 5) is 39.5. The minimum Gasteiger partial charge on any atom is -0.344 e. The number of benzene rings is 3. The molecule has 3 aromatic carbocycles. The molecule has 1 heterocycles. The average molecular weight is 479 g/mol. The first-order chi connectivity index (χ1) is 16.3. The maximum atomic E-state index is 13.3. The molecule has 1 N–H and O–H groups in total. The van der Waals surface area contributed by atoms with Crippen molar-refractivity contribution in [2.75, 3.05) is 0 Å². The van der Waals surface area contributed by atoms with Crippen LogP contribution in [0.3, 0.4) is 0 Å². The predicted octanol–water partition coefficient (Wildman–Crippen LogP) is 3.73. The van der Waals surface area contributed by atoms with Gasteiger partial charge in [-0.2, -0.15) is 9.78 Å². The molecular formula is C25H20ClFN4O3. The number of amides is 1. The van der Waals surface area contributed by atoms with Crippen LogP contribution in [-0.4, -0.2) is 20.3 Å². The van der Waals surface area contributed by atoms with E-state index in [1.54, 1.807) is 31.2 Å². The van der Waals surface area contributed by atoms with Gasteiger partial charge in [-0.25, -0.2) is 9.18 Å². The fraction of sp³-hybridized carbons (Fsp3) is 0.120. The topological polar surface area (TPSA) is 86.0 Å². The van der Waals surface area contributed by atoms with Gasteiger partial charge in [-0.3, -0.25) is 14.2 Å². The van der Waals surface area contributed by atoms with Gasteiger partial charge < -0.3 is 5.32 Å². The molecule has 7 nitrogen and oxygen atoms in total.